The number of rotatable bonds is 5. The summed E-state index contributed by atoms with van der Waals surface area (Å²) in [6.45, 7) is 5.19. The molecule has 1 saturated heterocycles. The number of carbonyl (C=O) groups excluding carboxylic acids is 1. The van der Waals surface area contributed by atoms with Crippen LogP contribution in [0.1, 0.15) is 13.3 Å². The first-order chi connectivity index (χ1) is 16.6. The topological polar surface area (TPSA) is 118 Å². The number of ether oxygens (including phenoxy) is 1. The first-order valence-electron chi connectivity index (χ1n) is 11.5. The van der Waals surface area contributed by atoms with Crippen molar-refractivity contribution in [3.63, 3.8) is 0 Å². The number of carbonyl (C=O) groups is 1. The largest absolute Gasteiger partial charge is 0.436 e. The van der Waals surface area contributed by atoms with Gasteiger partial charge in [0.05, 0.1) is 18.8 Å². The van der Waals surface area contributed by atoms with Gasteiger partial charge in [-0.15, -0.1) is 10.2 Å². The Balaban J connectivity index is 1.40. The Hall–Kier alpha value is -3.79. The number of hydrogen-bond donors (Lipinski definition) is 2. The van der Waals surface area contributed by atoms with Gasteiger partial charge in [0, 0.05) is 49.4 Å². The number of fused-ring (bicyclic) bond motifs is 2. The molecule has 0 bridgehead atoms. The number of nitrogens with zero attached hydrogens (tertiary/aromatic N) is 5. The van der Waals surface area contributed by atoms with E-state index in [1.807, 2.05) is 12.1 Å². The van der Waals surface area contributed by atoms with Crippen molar-refractivity contribution >= 4 is 45.2 Å². The van der Waals surface area contributed by atoms with Gasteiger partial charge < -0.3 is 24.7 Å². The molecular weight excluding hydrogens is 434 g/mol. The number of aromatic nitrogens is 4. The van der Waals surface area contributed by atoms with Crippen LogP contribution in [-0.4, -0.2) is 59.4 Å². The van der Waals surface area contributed by atoms with Gasteiger partial charge in [0.2, 0.25) is 11.8 Å². The highest BCUT2D eigenvalue weighted by Gasteiger charge is 2.39. The van der Waals surface area contributed by atoms with E-state index in [9.17, 15) is 4.79 Å². The minimum atomic E-state index is -0.0249. The summed E-state index contributed by atoms with van der Waals surface area (Å²) in [6, 6.07) is 7.83. The van der Waals surface area contributed by atoms with E-state index in [1.165, 1.54) is 0 Å². The lowest BCUT2D eigenvalue weighted by molar-refractivity contribution is -0.117. The van der Waals surface area contributed by atoms with Crippen LogP contribution in [0.25, 0.3) is 33.5 Å². The predicted octanol–water partition coefficient (Wildman–Crippen LogP) is 3.31. The molecule has 4 aromatic rings. The van der Waals surface area contributed by atoms with Crippen LogP contribution in [0.4, 0.5) is 17.3 Å². The lowest BCUT2D eigenvalue weighted by atomic mass is 10.1. The quantitative estimate of drug-likeness (QED) is 0.463. The number of hydrogen-bond acceptors (Lipinski definition) is 9. The van der Waals surface area contributed by atoms with Gasteiger partial charge in [0.15, 0.2) is 17.2 Å². The van der Waals surface area contributed by atoms with E-state index < -0.39 is 0 Å². The molecule has 0 spiro atoms. The van der Waals surface area contributed by atoms with E-state index >= 15 is 0 Å². The highest BCUT2D eigenvalue weighted by molar-refractivity contribution is 6.01. The first-order valence-corrected chi connectivity index (χ1v) is 11.5. The zero-order chi connectivity index (χ0) is 23.2. The molecule has 174 valence electrons. The van der Waals surface area contributed by atoms with Gasteiger partial charge >= 0.3 is 0 Å². The molecule has 1 aromatic carbocycles. The van der Waals surface area contributed by atoms with Gasteiger partial charge in [-0.05, 0) is 30.5 Å². The van der Waals surface area contributed by atoms with Crippen molar-refractivity contribution in [3.05, 3.63) is 30.5 Å². The Kier molecular flexibility index (Phi) is 5.02. The molecule has 1 saturated carbocycles. The van der Waals surface area contributed by atoms with Crippen LogP contribution >= 0.6 is 0 Å². The van der Waals surface area contributed by atoms with Crippen molar-refractivity contribution in [2.24, 2.45) is 11.8 Å². The fraction of sp³-hybridized carbons (Fsp3) is 0.375. The molecule has 2 fully saturated rings. The summed E-state index contributed by atoms with van der Waals surface area (Å²) in [5.41, 5.74) is 3.80. The van der Waals surface area contributed by atoms with Gasteiger partial charge in [0.1, 0.15) is 11.0 Å². The average Bonchev–Trinajstić information content (AvgIpc) is 3.45. The zero-order valence-corrected chi connectivity index (χ0v) is 19.0. The standard InChI is InChI=1S/C24H25N7O3/c1-13-9-15(13)23(32)28-20-11-16-17(12-26-22(25-2)21(16)30-29-20)24-27-18-4-3-14(10-19(18)34-24)31-5-7-33-8-6-31/h3-4,10-13,15H,5-9H2,1-2H3,(H,25,26)(H,28,29,32)/t13-,15+/m1/s1. The third-order valence-electron chi connectivity index (χ3n) is 6.54. The minimum absolute atomic E-state index is 0.0249. The molecule has 0 radical (unpaired) electrons. The summed E-state index contributed by atoms with van der Waals surface area (Å²) in [7, 11) is 1.78. The summed E-state index contributed by atoms with van der Waals surface area (Å²) in [5.74, 6) is 1.85. The molecule has 10 nitrogen and oxygen atoms in total. The van der Waals surface area contributed by atoms with Gasteiger partial charge in [0.25, 0.3) is 0 Å². The third kappa shape index (κ3) is 3.69. The van der Waals surface area contributed by atoms with Crippen molar-refractivity contribution in [1.82, 2.24) is 20.2 Å². The van der Waals surface area contributed by atoms with Gasteiger partial charge in [-0.2, -0.15) is 0 Å². The van der Waals surface area contributed by atoms with Crippen molar-refractivity contribution in [1.29, 1.82) is 0 Å². The second kappa shape index (κ2) is 8.21. The number of morpholine rings is 1. The van der Waals surface area contributed by atoms with E-state index in [0.29, 0.717) is 53.3 Å². The number of pyridine rings is 1. The Bertz CT molecular complexity index is 1400. The van der Waals surface area contributed by atoms with Crippen molar-refractivity contribution in [3.8, 4) is 11.5 Å². The summed E-state index contributed by atoms with van der Waals surface area (Å²) in [4.78, 5) is 23.9. The number of nitrogens with one attached hydrogen (secondary N) is 2. The van der Waals surface area contributed by atoms with Crippen molar-refractivity contribution in [2.45, 2.75) is 13.3 Å². The molecular formula is C24H25N7O3. The number of benzene rings is 1. The van der Waals surface area contributed by atoms with Gasteiger partial charge in [-0.25, -0.2) is 9.97 Å². The fourth-order valence-electron chi connectivity index (χ4n) is 4.40. The second-order valence-corrected chi connectivity index (χ2v) is 8.84. The molecule has 2 aliphatic rings. The highest BCUT2D eigenvalue weighted by Crippen LogP contribution is 2.39. The highest BCUT2D eigenvalue weighted by atomic mass is 16.5. The summed E-state index contributed by atoms with van der Waals surface area (Å²) in [5, 5.41) is 15.2. The normalized spacial score (nSPS) is 20.0. The van der Waals surface area contributed by atoms with E-state index in [2.05, 4.69) is 43.7 Å². The van der Waals surface area contributed by atoms with E-state index in [0.717, 1.165) is 36.1 Å². The van der Waals surface area contributed by atoms with Crippen LogP contribution in [0.5, 0.6) is 0 Å². The molecule has 2 atom stereocenters. The summed E-state index contributed by atoms with van der Waals surface area (Å²) < 4.78 is 11.6. The smallest absolute Gasteiger partial charge is 0.229 e. The number of anilines is 3. The average molecular weight is 460 g/mol. The first kappa shape index (κ1) is 20.8. The lowest BCUT2D eigenvalue weighted by Gasteiger charge is -2.28. The maximum atomic E-state index is 12.4. The Morgan fingerprint density at radius 1 is 1.18 bits per heavy atom. The molecule has 2 N–H and O–H groups in total. The van der Waals surface area contributed by atoms with Crippen LogP contribution in [0.2, 0.25) is 0 Å². The van der Waals surface area contributed by atoms with E-state index in [1.54, 1.807) is 19.3 Å². The lowest BCUT2D eigenvalue weighted by Crippen LogP contribution is -2.36. The van der Waals surface area contributed by atoms with Gasteiger partial charge in [-0.1, -0.05) is 6.92 Å². The molecule has 3 aromatic heterocycles. The third-order valence-corrected chi connectivity index (χ3v) is 6.54. The fourth-order valence-corrected chi connectivity index (χ4v) is 4.40. The van der Waals surface area contributed by atoms with Crippen LogP contribution in [-0.2, 0) is 9.53 Å². The molecule has 1 amide bonds. The molecule has 1 aliphatic carbocycles. The second-order valence-electron chi connectivity index (χ2n) is 8.84. The zero-order valence-electron chi connectivity index (χ0n) is 19.0. The van der Waals surface area contributed by atoms with Crippen molar-refractivity contribution in [2.75, 3.05) is 48.9 Å². The van der Waals surface area contributed by atoms with Crippen LogP contribution in [0, 0.1) is 11.8 Å². The monoisotopic (exact) mass is 459 g/mol. The molecule has 0 unspecified atom stereocenters. The molecule has 34 heavy (non-hydrogen) atoms. The molecule has 4 heterocycles. The van der Waals surface area contributed by atoms with Crippen LogP contribution in [0.15, 0.2) is 34.9 Å². The molecule has 10 heteroatoms. The SMILES string of the molecule is CNc1ncc(-c2nc3ccc(N4CCOCC4)cc3o2)c2cc(NC(=O)[C@H]3C[C@H]3C)nnc12. The van der Waals surface area contributed by atoms with E-state index in [4.69, 9.17) is 14.1 Å². The van der Waals surface area contributed by atoms with Crippen LogP contribution < -0.4 is 15.5 Å². The number of oxazole rings is 1. The number of amides is 1. The summed E-state index contributed by atoms with van der Waals surface area (Å²) >= 11 is 0. The van der Waals surface area contributed by atoms with E-state index in [-0.39, 0.29) is 11.8 Å². The predicted molar refractivity (Wildman–Crippen MR) is 129 cm³/mol. The van der Waals surface area contributed by atoms with Crippen LogP contribution in [0.3, 0.4) is 0 Å². The summed E-state index contributed by atoms with van der Waals surface area (Å²) in [6.07, 6.45) is 2.61. The Morgan fingerprint density at radius 3 is 2.76 bits per heavy atom. The Labute approximate surface area is 195 Å². The maximum absolute atomic E-state index is 12.4. The molecule has 6 rings (SSSR count). The van der Waals surface area contributed by atoms with Crippen molar-refractivity contribution < 1.29 is 13.9 Å². The Morgan fingerprint density at radius 2 is 2.00 bits per heavy atom. The molecule has 1 aliphatic heterocycles. The van der Waals surface area contributed by atoms with Gasteiger partial charge in [-0.3, -0.25) is 4.79 Å². The maximum Gasteiger partial charge on any atom is 0.229 e. The minimum Gasteiger partial charge on any atom is -0.436 e.